The second-order valence-electron chi connectivity index (χ2n) is 7.85. The van der Waals surface area contributed by atoms with Crippen molar-refractivity contribution < 1.29 is 4.79 Å². The fourth-order valence-corrected chi connectivity index (χ4v) is 3.78. The molecule has 2 amide bonds. The van der Waals surface area contributed by atoms with E-state index in [1.165, 1.54) is 16.5 Å². The topological polar surface area (TPSA) is 48.1 Å². The highest BCUT2D eigenvalue weighted by Gasteiger charge is 2.14. The molecule has 0 bridgehead atoms. The lowest BCUT2D eigenvalue weighted by Crippen LogP contribution is -2.36. The lowest BCUT2D eigenvalue weighted by Gasteiger charge is -2.22. The standard InChI is InChI=1S/C28H29N3O/c1-2-22-14-16-25(17-15-22)30-28(32)31(19-8-11-23-9-4-3-5-10-23)20-18-24-21-29-27-13-7-6-12-26(24)27/h3-17,21,29H,2,18-20H2,1H3,(H,30,32). The summed E-state index contributed by atoms with van der Waals surface area (Å²) in [5.74, 6) is 0. The van der Waals surface area contributed by atoms with Crippen molar-refractivity contribution in [1.29, 1.82) is 0 Å². The van der Waals surface area contributed by atoms with Crippen LogP contribution in [0, 0.1) is 0 Å². The summed E-state index contributed by atoms with van der Waals surface area (Å²) in [6.07, 6.45) is 7.91. The zero-order valence-corrected chi connectivity index (χ0v) is 18.4. The van der Waals surface area contributed by atoms with Gasteiger partial charge in [-0.05, 0) is 47.7 Å². The van der Waals surface area contributed by atoms with Gasteiger partial charge in [-0.3, -0.25) is 0 Å². The summed E-state index contributed by atoms with van der Waals surface area (Å²) in [6, 6.07) is 26.4. The van der Waals surface area contributed by atoms with Crippen LogP contribution in [-0.4, -0.2) is 29.0 Å². The number of fused-ring (bicyclic) bond motifs is 1. The van der Waals surface area contributed by atoms with Crippen LogP contribution in [-0.2, 0) is 12.8 Å². The highest BCUT2D eigenvalue weighted by molar-refractivity contribution is 5.89. The zero-order chi connectivity index (χ0) is 22.2. The maximum atomic E-state index is 13.1. The Morgan fingerprint density at radius 1 is 0.969 bits per heavy atom. The van der Waals surface area contributed by atoms with Crippen LogP contribution in [0.25, 0.3) is 17.0 Å². The summed E-state index contributed by atoms with van der Waals surface area (Å²) in [5, 5.41) is 4.27. The molecule has 0 aliphatic heterocycles. The van der Waals surface area contributed by atoms with Gasteiger partial charge in [0.2, 0.25) is 0 Å². The number of carbonyl (C=O) groups excluding carboxylic acids is 1. The number of rotatable bonds is 8. The van der Waals surface area contributed by atoms with E-state index in [1.54, 1.807) is 0 Å². The van der Waals surface area contributed by atoms with E-state index in [2.05, 4.69) is 59.7 Å². The molecular formula is C28H29N3O. The molecule has 4 nitrogen and oxygen atoms in total. The van der Waals surface area contributed by atoms with Crippen molar-refractivity contribution in [2.24, 2.45) is 0 Å². The molecule has 0 saturated carbocycles. The summed E-state index contributed by atoms with van der Waals surface area (Å²) in [5.41, 5.74) is 5.54. The third kappa shape index (κ3) is 5.46. The van der Waals surface area contributed by atoms with Crippen LogP contribution in [0.1, 0.15) is 23.6 Å². The van der Waals surface area contributed by atoms with Gasteiger partial charge in [0.25, 0.3) is 0 Å². The van der Waals surface area contributed by atoms with Gasteiger partial charge in [-0.1, -0.05) is 79.7 Å². The number of urea groups is 1. The molecule has 4 rings (SSSR count). The van der Waals surface area contributed by atoms with Gasteiger partial charge in [0, 0.05) is 35.9 Å². The first-order valence-electron chi connectivity index (χ1n) is 11.1. The summed E-state index contributed by atoms with van der Waals surface area (Å²) >= 11 is 0. The number of H-pyrrole nitrogens is 1. The lowest BCUT2D eigenvalue weighted by atomic mass is 10.1. The molecule has 1 aromatic heterocycles. The van der Waals surface area contributed by atoms with Crippen molar-refractivity contribution >= 4 is 28.7 Å². The van der Waals surface area contributed by atoms with Crippen LogP contribution >= 0.6 is 0 Å². The highest BCUT2D eigenvalue weighted by Crippen LogP contribution is 2.19. The number of hydrogen-bond acceptors (Lipinski definition) is 1. The van der Waals surface area contributed by atoms with E-state index >= 15 is 0 Å². The van der Waals surface area contributed by atoms with Crippen molar-refractivity contribution in [2.45, 2.75) is 19.8 Å². The number of anilines is 1. The number of aryl methyl sites for hydroxylation is 1. The SMILES string of the molecule is CCc1ccc(NC(=O)N(CC=Cc2ccccc2)CCc2c[nH]c3ccccc23)cc1. The predicted octanol–water partition coefficient (Wildman–Crippen LogP) is 6.52. The van der Waals surface area contributed by atoms with E-state index in [9.17, 15) is 4.79 Å². The quantitative estimate of drug-likeness (QED) is 0.333. The molecule has 2 N–H and O–H groups in total. The normalized spacial score (nSPS) is 11.2. The van der Waals surface area contributed by atoms with Gasteiger partial charge in [-0.25, -0.2) is 4.79 Å². The molecule has 4 heteroatoms. The van der Waals surface area contributed by atoms with E-state index in [1.807, 2.05) is 59.6 Å². The molecule has 0 unspecified atom stereocenters. The molecule has 0 radical (unpaired) electrons. The maximum absolute atomic E-state index is 13.1. The van der Waals surface area contributed by atoms with Crippen LogP contribution in [0.3, 0.4) is 0 Å². The Hall–Kier alpha value is -3.79. The van der Waals surface area contributed by atoms with Crippen molar-refractivity contribution in [3.63, 3.8) is 0 Å². The smallest absolute Gasteiger partial charge is 0.322 e. The van der Waals surface area contributed by atoms with Gasteiger partial charge in [0.1, 0.15) is 0 Å². The lowest BCUT2D eigenvalue weighted by molar-refractivity contribution is 0.218. The van der Waals surface area contributed by atoms with Crippen molar-refractivity contribution in [2.75, 3.05) is 18.4 Å². The third-order valence-electron chi connectivity index (χ3n) is 5.66. The van der Waals surface area contributed by atoms with Crippen LogP contribution in [0.4, 0.5) is 10.5 Å². The molecule has 0 aliphatic rings. The van der Waals surface area contributed by atoms with Gasteiger partial charge < -0.3 is 15.2 Å². The molecule has 0 saturated heterocycles. The minimum atomic E-state index is -0.0909. The Morgan fingerprint density at radius 2 is 1.72 bits per heavy atom. The third-order valence-corrected chi connectivity index (χ3v) is 5.66. The molecule has 3 aromatic carbocycles. The molecule has 162 valence electrons. The minimum absolute atomic E-state index is 0.0909. The molecule has 32 heavy (non-hydrogen) atoms. The van der Waals surface area contributed by atoms with Crippen molar-refractivity contribution in [3.05, 3.63) is 108 Å². The number of aromatic amines is 1. The van der Waals surface area contributed by atoms with Crippen molar-refractivity contribution in [1.82, 2.24) is 9.88 Å². The Bertz CT molecular complexity index is 1180. The van der Waals surface area contributed by atoms with Gasteiger partial charge in [0.15, 0.2) is 0 Å². The predicted molar refractivity (Wildman–Crippen MR) is 134 cm³/mol. The van der Waals surface area contributed by atoms with Gasteiger partial charge in [0.05, 0.1) is 0 Å². The number of hydrogen-bond donors (Lipinski definition) is 2. The molecule has 0 aliphatic carbocycles. The fourth-order valence-electron chi connectivity index (χ4n) is 3.78. The summed E-state index contributed by atoms with van der Waals surface area (Å²) < 4.78 is 0. The zero-order valence-electron chi connectivity index (χ0n) is 18.4. The van der Waals surface area contributed by atoms with E-state index in [4.69, 9.17) is 0 Å². The number of nitrogens with one attached hydrogen (secondary N) is 2. The van der Waals surface area contributed by atoms with E-state index in [0.29, 0.717) is 13.1 Å². The summed E-state index contributed by atoms with van der Waals surface area (Å²) in [7, 11) is 0. The minimum Gasteiger partial charge on any atom is -0.361 e. The van der Waals surface area contributed by atoms with Crippen LogP contribution < -0.4 is 5.32 Å². The second kappa shape index (κ2) is 10.5. The Morgan fingerprint density at radius 3 is 2.50 bits per heavy atom. The Labute approximate surface area is 189 Å². The number of nitrogens with zero attached hydrogens (tertiary/aromatic N) is 1. The first-order chi connectivity index (χ1) is 15.7. The maximum Gasteiger partial charge on any atom is 0.322 e. The number of carbonyl (C=O) groups is 1. The molecule has 0 spiro atoms. The van der Waals surface area contributed by atoms with Crippen LogP contribution in [0.15, 0.2) is 91.1 Å². The van der Waals surface area contributed by atoms with E-state index < -0.39 is 0 Å². The monoisotopic (exact) mass is 423 g/mol. The molecule has 4 aromatic rings. The Kier molecular flexibility index (Phi) is 7.03. The van der Waals surface area contributed by atoms with Gasteiger partial charge >= 0.3 is 6.03 Å². The highest BCUT2D eigenvalue weighted by atomic mass is 16.2. The van der Waals surface area contributed by atoms with Gasteiger partial charge in [-0.2, -0.15) is 0 Å². The first kappa shape index (κ1) is 21.4. The molecule has 1 heterocycles. The fraction of sp³-hybridized carbons (Fsp3) is 0.179. The van der Waals surface area contributed by atoms with E-state index in [-0.39, 0.29) is 6.03 Å². The number of para-hydroxylation sites is 1. The second-order valence-corrected chi connectivity index (χ2v) is 7.85. The van der Waals surface area contributed by atoms with Crippen molar-refractivity contribution in [3.8, 4) is 0 Å². The molecule has 0 fully saturated rings. The first-order valence-corrected chi connectivity index (χ1v) is 11.1. The average molecular weight is 424 g/mol. The molecular weight excluding hydrogens is 394 g/mol. The van der Waals surface area contributed by atoms with Gasteiger partial charge in [-0.15, -0.1) is 0 Å². The van der Waals surface area contributed by atoms with Crippen LogP contribution in [0.5, 0.6) is 0 Å². The summed E-state index contributed by atoms with van der Waals surface area (Å²) in [4.78, 5) is 18.3. The summed E-state index contributed by atoms with van der Waals surface area (Å²) in [6.45, 7) is 3.29. The van der Waals surface area contributed by atoms with E-state index in [0.717, 1.165) is 29.6 Å². The molecule has 0 atom stereocenters. The Balaban J connectivity index is 1.47. The largest absolute Gasteiger partial charge is 0.361 e. The number of aromatic nitrogens is 1. The average Bonchev–Trinajstić information content (AvgIpc) is 3.25. The number of amides is 2. The van der Waals surface area contributed by atoms with Crippen LogP contribution in [0.2, 0.25) is 0 Å². The number of benzene rings is 3.